The first kappa shape index (κ1) is 25.4. The van der Waals surface area contributed by atoms with E-state index in [9.17, 15) is 18.0 Å². The van der Waals surface area contributed by atoms with E-state index in [-0.39, 0.29) is 10.5 Å². The molecule has 8 nitrogen and oxygen atoms in total. The summed E-state index contributed by atoms with van der Waals surface area (Å²) in [5.41, 5.74) is 8.11. The summed E-state index contributed by atoms with van der Waals surface area (Å²) in [6, 6.07) is 15.5. The van der Waals surface area contributed by atoms with Gasteiger partial charge in [-0.15, -0.1) is 0 Å². The van der Waals surface area contributed by atoms with E-state index in [4.69, 9.17) is 0 Å². The van der Waals surface area contributed by atoms with Crippen LogP contribution in [0.25, 0.3) is 0 Å². The number of carbonyl (C=O) groups excluding carboxylic acids is 2. The zero-order chi connectivity index (χ0) is 24.9. The van der Waals surface area contributed by atoms with Crippen LogP contribution in [-0.2, 0) is 14.8 Å². The number of likely N-dealkylation sites (N-methyl/N-ethyl adjacent to an activating group) is 1. The zero-order valence-corrected chi connectivity index (χ0v) is 21.0. The molecule has 0 unspecified atom stereocenters. The molecule has 0 atom stereocenters. The predicted molar refractivity (Wildman–Crippen MR) is 131 cm³/mol. The molecule has 178 valence electrons. The lowest BCUT2D eigenvalue weighted by Crippen LogP contribution is -2.46. The molecule has 0 aliphatic heterocycles. The normalized spacial score (nSPS) is 11.3. The summed E-state index contributed by atoms with van der Waals surface area (Å²) < 4.78 is 26.2. The molecule has 2 aromatic carbocycles. The first-order valence-electron chi connectivity index (χ1n) is 10.4. The van der Waals surface area contributed by atoms with Crippen LogP contribution in [0.4, 0.5) is 0 Å². The average molecular weight is 499 g/mol. The number of nitrogens with zero attached hydrogens (tertiary/aromatic N) is 2. The van der Waals surface area contributed by atoms with Crippen LogP contribution in [0, 0.1) is 20.8 Å². The van der Waals surface area contributed by atoms with Crippen LogP contribution in [0.2, 0.25) is 0 Å². The van der Waals surface area contributed by atoms with E-state index < -0.39 is 28.4 Å². The molecule has 0 radical (unpaired) electrons. The summed E-state index contributed by atoms with van der Waals surface area (Å²) >= 11 is 1.34. The smallest absolute Gasteiger partial charge is 0.272 e. The largest absolute Gasteiger partial charge is 0.272 e. The lowest BCUT2D eigenvalue weighted by molar-refractivity contribution is -0.121. The fourth-order valence-electron chi connectivity index (χ4n) is 2.94. The molecule has 1 aromatic heterocycles. The maximum absolute atomic E-state index is 12.7. The highest BCUT2D eigenvalue weighted by atomic mass is 32.2. The number of pyridine rings is 1. The molecule has 3 rings (SSSR count). The number of carbonyl (C=O) groups is 2. The first-order valence-corrected chi connectivity index (χ1v) is 12.7. The number of amides is 2. The number of benzene rings is 2. The molecule has 0 bridgehead atoms. The van der Waals surface area contributed by atoms with E-state index in [0.717, 1.165) is 20.3 Å². The van der Waals surface area contributed by atoms with E-state index in [0.29, 0.717) is 5.03 Å². The van der Waals surface area contributed by atoms with E-state index in [1.165, 1.54) is 36.5 Å². The van der Waals surface area contributed by atoms with Crippen LogP contribution in [0.3, 0.4) is 0 Å². The Morgan fingerprint density at radius 3 is 2.35 bits per heavy atom. The number of rotatable bonds is 7. The van der Waals surface area contributed by atoms with Crippen LogP contribution in [-0.4, -0.2) is 43.1 Å². The van der Waals surface area contributed by atoms with Crippen molar-refractivity contribution >= 4 is 33.6 Å². The number of hydrogen-bond acceptors (Lipinski definition) is 6. The summed E-state index contributed by atoms with van der Waals surface area (Å²) in [6.45, 7) is 5.42. The molecule has 1 heterocycles. The fraction of sp³-hybridized carbons (Fsp3) is 0.208. The molecular formula is C24H26N4O4S2. The van der Waals surface area contributed by atoms with Gasteiger partial charge in [0, 0.05) is 18.1 Å². The summed E-state index contributed by atoms with van der Waals surface area (Å²) in [5, 5.41) is 0.483. The molecule has 0 saturated carbocycles. The minimum Gasteiger partial charge on any atom is -0.272 e. The van der Waals surface area contributed by atoms with Crippen molar-refractivity contribution in [2.75, 3.05) is 13.6 Å². The Morgan fingerprint density at radius 2 is 1.68 bits per heavy atom. The van der Waals surface area contributed by atoms with Crippen LogP contribution in [0.1, 0.15) is 27.0 Å². The van der Waals surface area contributed by atoms with Gasteiger partial charge in [-0.1, -0.05) is 35.5 Å². The van der Waals surface area contributed by atoms with Gasteiger partial charge in [-0.05, 0) is 68.3 Å². The highest BCUT2D eigenvalue weighted by Gasteiger charge is 2.23. The highest BCUT2D eigenvalue weighted by Crippen LogP contribution is 2.29. The topological polar surface area (TPSA) is 108 Å². The highest BCUT2D eigenvalue weighted by molar-refractivity contribution is 7.99. The maximum Gasteiger partial charge on any atom is 0.272 e. The van der Waals surface area contributed by atoms with Crippen molar-refractivity contribution in [3.63, 3.8) is 0 Å². The predicted octanol–water partition coefficient (Wildman–Crippen LogP) is 3.24. The maximum atomic E-state index is 12.7. The van der Waals surface area contributed by atoms with Crippen molar-refractivity contribution in [3.8, 4) is 0 Å². The number of sulfonamides is 1. The molecule has 2 amide bonds. The van der Waals surface area contributed by atoms with Gasteiger partial charge < -0.3 is 0 Å². The van der Waals surface area contributed by atoms with Gasteiger partial charge in [-0.3, -0.25) is 20.4 Å². The molecule has 3 aromatic rings. The van der Waals surface area contributed by atoms with Gasteiger partial charge in [0.25, 0.3) is 11.8 Å². The first-order chi connectivity index (χ1) is 16.1. The third kappa shape index (κ3) is 6.22. The molecule has 0 aliphatic carbocycles. The minimum atomic E-state index is -3.84. The van der Waals surface area contributed by atoms with Gasteiger partial charge in [0.15, 0.2) is 0 Å². The van der Waals surface area contributed by atoms with E-state index >= 15 is 0 Å². The molecule has 34 heavy (non-hydrogen) atoms. The van der Waals surface area contributed by atoms with Gasteiger partial charge in [0.05, 0.1) is 17.0 Å². The van der Waals surface area contributed by atoms with Gasteiger partial charge in [-0.25, -0.2) is 13.4 Å². The summed E-state index contributed by atoms with van der Waals surface area (Å²) in [4.78, 5) is 30.3. The SMILES string of the molecule is Cc1ccc(S(=O)(=O)N(C)CC(=O)NNC(=O)c2cccnc2Sc2ccc(C)c(C)c2)cc1. The second-order valence-corrected chi connectivity index (χ2v) is 10.9. The Balaban J connectivity index is 1.62. The molecular weight excluding hydrogens is 472 g/mol. The number of hydrogen-bond donors (Lipinski definition) is 2. The molecule has 0 fully saturated rings. The van der Waals surface area contributed by atoms with Gasteiger partial charge in [0.2, 0.25) is 10.0 Å². The van der Waals surface area contributed by atoms with Crippen LogP contribution in [0.15, 0.2) is 75.6 Å². The van der Waals surface area contributed by atoms with Crippen LogP contribution in [0.5, 0.6) is 0 Å². The Labute approximate surface area is 203 Å². The summed E-state index contributed by atoms with van der Waals surface area (Å²) in [7, 11) is -2.54. The van der Waals surface area contributed by atoms with Crippen molar-refractivity contribution in [2.24, 2.45) is 0 Å². The van der Waals surface area contributed by atoms with Crippen molar-refractivity contribution < 1.29 is 18.0 Å². The average Bonchev–Trinajstić information content (AvgIpc) is 2.80. The summed E-state index contributed by atoms with van der Waals surface area (Å²) in [6.07, 6.45) is 1.59. The van der Waals surface area contributed by atoms with Crippen molar-refractivity contribution in [1.82, 2.24) is 20.1 Å². The lowest BCUT2D eigenvalue weighted by atomic mass is 10.1. The molecule has 0 saturated heterocycles. The Hall–Kier alpha value is -3.21. The van der Waals surface area contributed by atoms with E-state index in [1.54, 1.807) is 30.5 Å². The number of aromatic nitrogens is 1. The lowest BCUT2D eigenvalue weighted by Gasteiger charge is -2.17. The zero-order valence-electron chi connectivity index (χ0n) is 19.3. The fourth-order valence-corrected chi connectivity index (χ4v) is 5.05. The Kier molecular flexibility index (Phi) is 8.08. The Morgan fingerprint density at radius 1 is 0.971 bits per heavy atom. The monoisotopic (exact) mass is 498 g/mol. The molecule has 0 spiro atoms. The standard InChI is InChI=1S/C24H26N4O4S2/c1-16-7-11-20(12-8-16)34(31,32)28(4)15-22(29)26-27-23(30)21-6-5-13-25-24(21)33-19-10-9-17(2)18(3)14-19/h5-14H,15H2,1-4H3,(H,26,29)(H,27,30). The van der Waals surface area contributed by atoms with Gasteiger partial charge in [-0.2, -0.15) is 4.31 Å². The van der Waals surface area contributed by atoms with E-state index in [1.807, 2.05) is 39.0 Å². The molecule has 0 aliphatic rings. The second kappa shape index (κ2) is 10.8. The number of aryl methyl sites for hydroxylation is 3. The minimum absolute atomic E-state index is 0.0841. The number of nitrogens with one attached hydrogen (secondary N) is 2. The number of hydrazine groups is 1. The molecule has 2 N–H and O–H groups in total. The quantitative estimate of drug-likeness (QED) is 0.484. The van der Waals surface area contributed by atoms with Crippen molar-refractivity contribution in [3.05, 3.63) is 83.0 Å². The van der Waals surface area contributed by atoms with Crippen molar-refractivity contribution in [2.45, 2.75) is 35.6 Å². The molecule has 10 heteroatoms. The second-order valence-electron chi connectivity index (χ2n) is 7.78. The van der Waals surface area contributed by atoms with Crippen molar-refractivity contribution in [1.29, 1.82) is 0 Å². The third-order valence-corrected chi connectivity index (χ3v) is 7.95. The van der Waals surface area contributed by atoms with Gasteiger partial charge >= 0.3 is 0 Å². The summed E-state index contributed by atoms with van der Waals surface area (Å²) in [5.74, 6) is -1.24. The third-order valence-electron chi connectivity index (χ3n) is 5.12. The van der Waals surface area contributed by atoms with Gasteiger partial charge in [0.1, 0.15) is 5.03 Å². The van der Waals surface area contributed by atoms with Crippen LogP contribution >= 0.6 is 11.8 Å². The van der Waals surface area contributed by atoms with Crippen LogP contribution < -0.4 is 10.9 Å². The Bertz CT molecular complexity index is 1310. The van der Waals surface area contributed by atoms with E-state index in [2.05, 4.69) is 15.8 Å².